The van der Waals surface area contributed by atoms with Crippen LogP contribution in [0.3, 0.4) is 0 Å². The molecule has 1 aliphatic heterocycles. The molecule has 6 nitrogen and oxygen atoms in total. The van der Waals surface area contributed by atoms with E-state index in [9.17, 15) is 4.79 Å². The normalized spacial score (nSPS) is 14.9. The lowest BCUT2D eigenvalue weighted by Gasteiger charge is -2.34. The molecule has 6 heteroatoms. The van der Waals surface area contributed by atoms with E-state index in [1.165, 1.54) is 0 Å². The van der Waals surface area contributed by atoms with Gasteiger partial charge in [0.05, 0.1) is 7.11 Å². The van der Waals surface area contributed by atoms with Gasteiger partial charge in [-0.25, -0.2) is 4.98 Å². The highest BCUT2D eigenvalue weighted by Gasteiger charge is 2.21. The van der Waals surface area contributed by atoms with E-state index >= 15 is 0 Å². The number of ether oxygens (including phenoxy) is 1. The molecule has 0 radical (unpaired) electrons. The molecule has 3 rings (SSSR count). The monoisotopic (exact) mass is 324 g/mol. The molecule has 0 saturated carbocycles. The molecular formula is C18H20N4O2. The molecule has 2 heterocycles. The van der Waals surface area contributed by atoms with Crippen LogP contribution >= 0.6 is 0 Å². The zero-order chi connectivity index (χ0) is 16.8. The van der Waals surface area contributed by atoms with Crippen molar-refractivity contribution in [1.29, 1.82) is 0 Å². The lowest BCUT2D eigenvalue weighted by Crippen LogP contribution is -2.48. The van der Waals surface area contributed by atoms with E-state index in [1.807, 2.05) is 41.3 Å². The summed E-state index contributed by atoms with van der Waals surface area (Å²) in [6.45, 7) is 2.72. The van der Waals surface area contributed by atoms with Gasteiger partial charge in [0.25, 0.3) is 0 Å². The van der Waals surface area contributed by atoms with Crippen molar-refractivity contribution in [2.45, 2.75) is 0 Å². The van der Waals surface area contributed by atoms with E-state index < -0.39 is 0 Å². The number of hydrogen-bond acceptors (Lipinski definition) is 5. The Bertz CT molecular complexity index is 710. The quantitative estimate of drug-likeness (QED) is 0.803. The summed E-state index contributed by atoms with van der Waals surface area (Å²) in [7, 11) is 1.59. The van der Waals surface area contributed by atoms with Crippen molar-refractivity contribution in [3.8, 4) is 5.88 Å². The number of amides is 1. The highest BCUT2D eigenvalue weighted by Crippen LogP contribution is 2.14. The Morgan fingerprint density at radius 3 is 2.58 bits per heavy atom. The zero-order valence-electron chi connectivity index (χ0n) is 13.6. The van der Waals surface area contributed by atoms with Crippen LogP contribution in [0.4, 0.5) is 5.95 Å². The molecule has 1 saturated heterocycles. The van der Waals surface area contributed by atoms with Gasteiger partial charge in [0.2, 0.25) is 17.7 Å². The van der Waals surface area contributed by atoms with Gasteiger partial charge in [-0.2, -0.15) is 4.98 Å². The van der Waals surface area contributed by atoms with Gasteiger partial charge in [-0.05, 0) is 11.6 Å². The minimum atomic E-state index is 0.0325. The average molecular weight is 324 g/mol. The lowest BCUT2D eigenvalue weighted by molar-refractivity contribution is -0.126. The van der Waals surface area contributed by atoms with Gasteiger partial charge in [-0.3, -0.25) is 4.79 Å². The molecule has 0 bridgehead atoms. The standard InChI is InChI=1S/C18H20N4O2/c1-24-16-9-10-19-18(20-16)22-13-11-21(12-14-22)17(23)8-7-15-5-3-2-4-6-15/h2-10H,11-14H2,1H3/b8-7+. The number of carbonyl (C=O) groups excluding carboxylic acids is 1. The van der Waals surface area contributed by atoms with Gasteiger partial charge < -0.3 is 14.5 Å². The Morgan fingerprint density at radius 2 is 1.88 bits per heavy atom. The van der Waals surface area contributed by atoms with Gasteiger partial charge in [-0.15, -0.1) is 0 Å². The molecule has 1 fully saturated rings. The fourth-order valence-electron chi connectivity index (χ4n) is 2.56. The Balaban J connectivity index is 1.56. The molecule has 2 aromatic rings. The maximum Gasteiger partial charge on any atom is 0.246 e. The zero-order valence-corrected chi connectivity index (χ0v) is 13.6. The van der Waals surface area contributed by atoms with Crippen molar-refractivity contribution < 1.29 is 9.53 Å². The molecule has 0 atom stereocenters. The van der Waals surface area contributed by atoms with Crippen LogP contribution in [0.2, 0.25) is 0 Å². The maximum absolute atomic E-state index is 12.3. The molecule has 0 N–H and O–H groups in total. The van der Waals surface area contributed by atoms with Gasteiger partial charge in [0.1, 0.15) is 0 Å². The summed E-state index contributed by atoms with van der Waals surface area (Å²) in [4.78, 5) is 24.8. The first-order valence-electron chi connectivity index (χ1n) is 7.90. The van der Waals surface area contributed by atoms with Crippen LogP contribution in [-0.4, -0.2) is 54.1 Å². The summed E-state index contributed by atoms with van der Waals surface area (Å²) < 4.78 is 5.13. The summed E-state index contributed by atoms with van der Waals surface area (Å²) >= 11 is 0. The SMILES string of the molecule is COc1ccnc(N2CCN(C(=O)/C=C/c3ccccc3)CC2)n1. The summed E-state index contributed by atoms with van der Waals surface area (Å²) in [5, 5.41) is 0. The second kappa shape index (κ2) is 7.59. The Hall–Kier alpha value is -2.89. The number of hydrogen-bond donors (Lipinski definition) is 0. The molecule has 0 unspecified atom stereocenters. The van der Waals surface area contributed by atoms with Crippen molar-refractivity contribution in [1.82, 2.24) is 14.9 Å². The first kappa shape index (κ1) is 16.0. The number of rotatable bonds is 4. The first-order chi connectivity index (χ1) is 11.8. The van der Waals surface area contributed by atoms with E-state index in [1.54, 1.807) is 25.4 Å². The van der Waals surface area contributed by atoms with Crippen molar-refractivity contribution >= 4 is 17.9 Å². The molecule has 0 spiro atoms. The van der Waals surface area contributed by atoms with Gasteiger partial charge >= 0.3 is 0 Å². The summed E-state index contributed by atoms with van der Waals surface area (Å²) in [6.07, 6.45) is 5.16. The van der Waals surface area contributed by atoms with Crippen LogP contribution < -0.4 is 9.64 Å². The van der Waals surface area contributed by atoms with Gasteiger partial charge in [0.15, 0.2) is 0 Å². The number of carbonyl (C=O) groups is 1. The fourth-order valence-corrected chi connectivity index (χ4v) is 2.56. The van der Waals surface area contributed by atoms with E-state index in [-0.39, 0.29) is 5.91 Å². The fraction of sp³-hybridized carbons (Fsp3) is 0.278. The van der Waals surface area contributed by atoms with Crippen molar-refractivity contribution in [3.05, 3.63) is 54.2 Å². The topological polar surface area (TPSA) is 58.6 Å². The maximum atomic E-state index is 12.3. The van der Waals surface area contributed by atoms with Crippen LogP contribution in [0.5, 0.6) is 5.88 Å². The smallest absolute Gasteiger partial charge is 0.246 e. The van der Waals surface area contributed by atoms with Crippen LogP contribution in [0.25, 0.3) is 6.08 Å². The largest absolute Gasteiger partial charge is 0.481 e. The highest BCUT2D eigenvalue weighted by molar-refractivity contribution is 5.91. The molecule has 1 aliphatic rings. The van der Waals surface area contributed by atoms with Crippen LogP contribution in [0.1, 0.15) is 5.56 Å². The van der Waals surface area contributed by atoms with E-state index in [0.717, 1.165) is 5.56 Å². The number of aromatic nitrogens is 2. The Morgan fingerprint density at radius 1 is 1.12 bits per heavy atom. The third-order valence-electron chi connectivity index (χ3n) is 3.92. The molecule has 1 aromatic heterocycles. The predicted octanol–water partition coefficient (Wildman–Crippen LogP) is 1.85. The minimum absolute atomic E-state index is 0.0325. The van der Waals surface area contributed by atoms with Gasteiger partial charge in [-0.1, -0.05) is 30.3 Å². The molecule has 24 heavy (non-hydrogen) atoms. The average Bonchev–Trinajstić information content (AvgIpc) is 2.67. The van der Waals surface area contributed by atoms with Crippen molar-refractivity contribution in [2.75, 3.05) is 38.2 Å². The van der Waals surface area contributed by atoms with Crippen LogP contribution in [0, 0.1) is 0 Å². The van der Waals surface area contributed by atoms with E-state index in [2.05, 4.69) is 14.9 Å². The van der Waals surface area contributed by atoms with Crippen LogP contribution in [0.15, 0.2) is 48.7 Å². The van der Waals surface area contributed by atoms with E-state index in [4.69, 9.17) is 4.74 Å². The van der Waals surface area contributed by atoms with Gasteiger partial charge in [0, 0.05) is 44.5 Å². The third kappa shape index (κ3) is 3.90. The van der Waals surface area contributed by atoms with Crippen LogP contribution in [-0.2, 0) is 4.79 Å². The second-order valence-electron chi connectivity index (χ2n) is 5.46. The Labute approximate surface area is 141 Å². The summed E-state index contributed by atoms with van der Waals surface area (Å²) in [6, 6.07) is 11.5. The van der Waals surface area contributed by atoms with Crippen molar-refractivity contribution in [2.24, 2.45) is 0 Å². The number of nitrogens with zero attached hydrogens (tertiary/aromatic N) is 4. The number of anilines is 1. The molecular weight excluding hydrogens is 304 g/mol. The number of piperazine rings is 1. The lowest BCUT2D eigenvalue weighted by atomic mass is 10.2. The summed E-state index contributed by atoms with van der Waals surface area (Å²) in [5.74, 6) is 1.22. The molecule has 1 aromatic carbocycles. The number of benzene rings is 1. The third-order valence-corrected chi connectivity index (χ3v) is 3.92. The second-order valence-corrected chi connectivity index (χ2v) is 5.46. The Kier molecular flexibility index (Phi) is 5.05. The predicted molar refractivity (Wildman–Crippen MR) is 92.9 cm³/mol. The molecule has 0 aliphatic carbocycles. The minimum Gasteiger partial charge on any atom is -0.481 e. The molecule has 1 amide bonds. The molecule has 124 valence electrons. The summed E-state index contributed by atoms with van der Waals surface area (Å²) in [5.41, 5.74) is 1.02. The first-order valence-corrected chi connectivity index (χ1v) is 7.90. The van der Waals surface area contributed by atoms with E-state index in [0.29, 0.717) is 38.0 Å². The number of methoxy groups -OCH3 is 1. The highest BCUT2D eigenvalue weighted by atomic mass is 16.5. The van der Waals surface area contributed by atoms with Crippen molar-refractivity contribution in [3.63, 3.8) is 0 Å².